The largest absolute Gasteiger partial charge is 0.373 e. The van der Waals surface area contributed by atoms with Crippen molar-refractivity contribution in [2.75, 3.05) is 0 Å². The Morgan fingerprint density at radius 3 is 2.27 bits per heavy atom. The van der Waals surface area contributed by atoms with Crippen LogP contribution >= 0.6 is 11.3 Å². The fourth-order valence-corrected chi connectivity index (χ4v) is 1.13. The van der Waals surface area contributed by atoms with Gasteiger partial charge in [-0.05, 0) is 13.0 Å². The van der Waals surface area contributed by atoms with Gasteiger partial charge in [0.1, 0.15) is 0 Å². The van der Waals surface area contributed by atoms with Crippen LogP contribution in [0.2, 0.25) is 0 Å². The van der Waals surface area contributed by atoms with E-state index in [1.54, 1.807) is 11.3 Å². The summed E-state index contributed by atoms with van der Waals surface area (Å²) in [7, 11) is 0. The van der Waals surface area contributed by atoms with Crippen molar-refractivity contribution in [2.24, 2.45) is 0 Å². The first kappa shape index (κ1) is 9.57. The Balaban J connectivity index is 0.000000292. The molecule has 0 aromatic carbocycles. The molecule has 1 rings (SSSR count). The monoisotopic (exact) mass is 167 g/mol. The standard InChI is InChI=1S/C6H5NS.CO2/c1-5-2-6(3-7)4-8-5;2-1-3/h2,4H,1H3;. The van der Waals surface area contributed by atoms with Crippen molar-refractivity contribution in [3.05, 3.63) is 21.9 Å². The van der Waals surface area contributed by atoms with E-state index in [2.05, 4.69) is 6.07 Å². The summed E-state index contributed by atoms with van der Waals surface area (Å²) in [4.78, 5) is 17.4. The Kier molecular flexibility index (Phi) is 4.67. The molecule has 4 heteroatoms. The lowest BCUT2D eigenvalue weighted by molar-refractivity contribution is -0.191. The van der Waals surface area contributed by atoms with Crippen LogP contribution in [-0.4, -0.2) is 6.15 Å². The molecular weight excluding hydrogens is 162 g/mol. The molecule has 0 aliphatic rings. The van der Waals surface area contributed by atoms with Crippen molar-refractivity contribution in [3.8, 4) is 6.07 Å². The van der Waals surface area contributed by atoms with Crippen LogP contribution in [0.15, 0.2) is 11.4 Å². The van der Waals surface area contributed by atoms with Gasteiger partial charge in [0.15, 0.2) is 0 Å². The number of aryl methyl sites for hydroxylation is 1. The molecule has 0 aliphatic carbocycles. The Morgan fingerprint density at radius 1 is 1.55 bits per heavy atom. The van der Waals surface area contributed by atoms with Gasteiger partial charge >= 0.3 is 6.15 Å². The van der Waals surface area contributed by atoms with E-state index < -0.39 is 0 Å². The number of nitrogens with zero attached hydrogens (tertiary/aromatic N) is 1. The molecule has 56 valence electrons. The van der Waals surface area contributed by atoms with Crippen molar-refractivity contribution < 1.29 is 9.59 Å². The SMILES string of the molecule is Cc1cc(C#N)cs1.O=C=O. The van der Waals surface area contributed by atoms with Crippen LogP contribution < -0.4 is 0 Å². The number of carbonyl (C=O) groups excluding carboxylic acids is 2. The molecule has 11 heavy (non-hydrogen) atoms. The third kappa shape index (κ3) is 4.04. The molecule has 0 aliphatic heterocycles. The zero-order valence-corrected chi connectivity index (χ0v) is 6.64. The van der Waals surface area contributed by atoms with Crippen molar-refractivity contribution in [2.45, 2.75) is 6.92 Å². The van der Waals surface area contributed by atoms with Crippen molar-refractivity contribution in [1.29, 1.82) is 5.26 Å². The van der Waals surface area contributed by atoms with E-state index in [0.717, 1.165) is 5.56 Å². The molecular formula is C7H5NO2S. The molecule has 3 nitrogen and oxygen atoms in total. The minimum Gasteiger partial charge on any atom is -0.192 e. The van der Waals surface area contributed by atoms with Gasteiger partial charge in [0.05, 0.1) is 11.6 Å². The van der Waals surface area contributed by atoms with Gasteiger partial charge in [-0.15, -0.1) is 11.3 Å². The first-order valence-electron chi connectivity index (χ1n) is 2.69. The molecule has 1 aromatic rings. The average molecular weight is 167 g/mol. The summed E-state index contributed by atoms with van der Waals surface area (Å²) in [5.41, 5.74) is 0.771. The maximum atomic E-state index is 8.31. The van der Waals surface area contributed by atoms with Gasteiger partial charge in [0.2, 0.25) is 0 Å². The van der Waals surface area contributed by atoms with E-state index >= 15 is 0 Å². The molecule has 0 saturated heterocycles. The maximum absolute atomic E-state index is 8.31. The quantitative estimate of drug-likeness (QED) is 0.586. The predicted octanol–water partition coefficient (Wildman–Crippen LogP) is 1.34. The van der Waals surface area contributed by atoms with Gasteiger partial charge in [-0.25, -0.2) is 0 Å². The van der Waals surface area contributed by atoms with Crippen LogP contribution in [-0.2, 0) is 9.59 Å². The normalized spacial score (nSPS) is 6.91. The summed E-state index contributed by atoms with van der Waals surface area (Å²) in [6, 6.07) is 3.94. The minimum atomic E-state index is 0.250. The van der Waals surface area contributed by atoms with Crippen molar-refractivity contribution >= 4 is 17.5 Å². The summed E-state index contributed by atoms with van der Waals surface area (Å²) in [5.74, 6) is 0. The third-order valence-electron chi connectivity index (χ3n) is 0.860. The van der Waals surface area contributed by atoms with E-state index in [1.165, 1.54) is 4.88 Å². The highest BCUT2D eigenvalue weighted by Gasteiger charge is 1.89. The van der Waals surface area contributed by atoms with Gasteiger partial charge in [-0.1, -0.05) is 0 Å². The van der Waals surface area contributed by atoms with Crippen molar-refractivity contribution in [1.82, 2.24) is 0 Å². The highest BCUT2D eigenvalue weighted by atomic mass is 32.1. The van der Waals surface area contributed by atoms with Crippen LogP contribution in [0.25, 0.3) is 0 Å². The van der Waals surface area contributed by atoms with Crippen LogP contribution in [0.4, 0.5) is 0 Å². The number of nitriles is 1. The fraction of sp³-hybridized carbons (Fsp3) is 0.143. The molecule has 0 bridgehead atoms. The Morgan fingerprint density at radius 2 is 2.09 bits per heavy atom. The highest BCUT2D eigenvalue weighted by Crippen LogP contribution is 2.10. The summed E-state index contributed by atoms with van der Waals surface area (Å²) >= 11 is 1.61. The Labute approximate surface area is 67.9 Å². The second kappa shape index (κ2) is 5.36. The van der Waals surface area contributed by atoms with E-state index in [1.807, 2.05) is 18.4 Å². The average Bonchev–Trinajstić information content (AvgIpc) is 2.37. The van der Waals surface area contributed by atoms with Crippen LogP contribution in [0.3, 0.4) is 0 Å². The molecule has 1 aromatic heterocycles. The molecule has 0 radical (unpaired) electrons. The van der Waals surface area contributed by atoms with Crippen molar-refractivity contribution in [3.63, 3.8) is 0 Å². The van der Waals surface area contributed by atoms with Gasteiger partial charge in [0, 0.05) is 10.3 Å². The van der Waals surface area contributed by atoms with Gasteiger partial charge in [0.25, 0.3) is 0 Å². The zero-order chi connectivity index (χ0) is 8.69. The van der Waals surface area contributed by atoms with E-state index in [9.17, 15) is 0 Å². The van der Waals surface area contributed by atoms with Gasteiger partial charge in [-0.3, -0.25) is 0 Å². The molecule has 0 spiro atoms. The molecule has 0 fully saturated rings. The molecule has 0 atom stereocenters. The number of hydrogen-bond acceptors (Lipinski definition) is 4. The fourth-order valence-electron chi connectivity index (χ4n) is 0.502. The van der Waals surface area contributed by atoms with Gasteiger partial charge in [-0.2, -0.15) is 14.9 Å². The van der Waals surface area contributed by atoms with E-state index in [-0.39, 0.29) is 6.15 Å². The number of thiophene rings is 1. The molecule has 0 unspecified atom stereocenters. The Bertz CT molecular complexity index is 292. The lowest BCUT2D eigenvalue weighted by Gasteiger charge is -1.68. The lowest BCUT2D eigenvalue weighted by atomic mass is 10.3. The van der Waals surface area contributed by atoms with Crippen LogP contribution in [0.1, 0.15) is 10.4 Å². The molecule has 0 saturated carbocycles. The first-order valence-corrected chi connectivity index (χ1v) is 3.57. The summed E-state index contributed by atoms with van der Waals surface area (Å²) < 4.78 is 0. The first-order chi connectivity index (χ1) is 5.24. The summed E-state index contributed by atoms with van der Waals surface area (Å²) in [5, 5.41) is 10.2. The zero-order valence-electron chi connectivity index (χ0n) is 5.83. The Hall–Kier alpha value is -1.43. The summed E-state index contributed by atoms with van der Waals surface area (Å²) in [6.07, 6.45) is 0.250. The second-order valence-corrected chi connectivity index (χ2v) is 2.76. The molecule has 1 heterocycles. The molecule has 0 amide bonds. The third-order valence-corrected chi connectivity index (χ3v) is 1.72. The maximum Gasteiger partial charge on any atom is 0.373 e. The van der Waals surface area contributed by atoms with Crippen LogP contribution in [0.5, 0.6) is 0 Å². The predicted molar refractivity (Wildman–Crippen MR) is 38.8 cm³/mol. The number of rotatable bonds is 0. The topological polar surface area (TPSA) is 57.9 Å². The second-order valence-electron chi connectivity index (χ2n) is 1.64. The van der Waals surface area contributed by atoms with Gasteiger partial charge < -0.3 is 0 Å². The highest BCUT2D eigenvalue weighted by molar-refractivity contribution is 7.10. The molecule has 0 N–H and O–H groups in total. The lowest BCUT2D eigenvalue weighted by Crippen LogP contribution is -1.57. The van der Waals surface area contributed by atoms with Crippen LogP contribution in [0, 0.1) is 18.3 Å². The minimum absolute atomic E-state index is 0.250. The smallest absolute Gasteiger partial charge is 0.192 e. The van der Waals surface area contributed by atoms with E-state index in [0.29, 0.717) is 0 Å². The summed E-state index contributed by atoms with van der Waals surface area (Å²) in [6.45, 7) is 1.99. The number of hydrogen-bond donors (Lipinski definition) is 0. The van der Waals surface area contributed by atoms with E-state index in [4.69, 9.17) is 14.9 Å².